The molecule has 294 valence electrons. The van der Waals surface area contributed by atoms with Gasteiger partial charge in [0, 0.05) is 42.2 Å². The van der Waals surface area contributed by atoms with E-state index >= 15 is 0 Å². The van der Waals surface area contributed by atoms with Crippen LogP contribution in [0, 0.1) is 0 Å². The first-order chi connectivity index (χ1) is 27.1. The minimum absolute atomic E-state index is 0.0362. The lowest BCUT2D eigenvalue weighted by Crippen LogP contribution is -2.52. The second kappa shape index (κ2) is 13.3. The molecule has 10 rings (SSSR count). The van der Waals surface area contributed by atoms with E-state index in [0.717, 1.165) is 96.1 Å². The molecule has 2 spiro atoms. The Morgan fingerprint density at radius 3 is 2.38 bits per heavy atom. The predicted octanol–water partition coefficient (Wildman–Crippen LogP) is 5.50. The molecule has 0 radical (unpaired) electrons. The molecule has 0 bridgehead atoms. The highest BCUT2D eigenvalue weighted by molar-refractivity contribution is 7.87. The molecule has 13 nitrogen and oxygen atoms in total. The number of rotatable bonds is 7. The van der Waals surface area contributed by atoms with E-state index in [4.69, 9.17) is 14.2 Å². The van der Waals surface area contributed by atoms with Crippen LogP contribution in [0.5, 0.6) is 5.75 Å². The van der Waals surface area contributed by atoms with Crippen molar-refractivity contribution in [2.24, 2.45) is 7.05 Å². The Labute approximate surface area is 326 Å². The molecular formula is C42H48N6O7S. The minimum atomic E-state index is -4.07. The van der Waals surface area contributed by atoms with Gasteiger partial charge in [-0.1, -0.05) is 25.3 Å². The van der Waals surface area contributed by atoms with E-state index in [1.807, 2.05) is 30.1 Å². The molecular weight excluding hydrogens is 733 g/mol. The Morgan fingerprint density at radius 1 is 0.946 bits per heavy atom. The van der Waals surface area contributed by atoms with Gasteiger partial charge in [0.2, 0.25) is 0 Å². The number of ether oxygens (including phenoxy) is 3. The van der Waals surface area contributed by atoms with Gasteiger partial charge in [0.25, 0.3) is 11.8 Å². The zero-order valence-electron chi connectivity index (χ0n) is 32.0. The number of hydrogen-bond donors (Lipinski definition) is 1. The molecule has 2 aromatic carbocycles. The Kier molecular flexibility index (Phi) is 8.51. The summed E-state index contributed by atoms with van der Waals surface area (Å²) in [6, 6.07) is 11.7. The van der Waals surface area contributed by atoms with Crippen molar-refractivity contribution in [3.05, 3.63) is 70.5 Å². The number of aromatic nitrogens is 3. The van der Waals surface area contributed by atoms with Gasteiger partial charge in [-0.15, -0.1) is 0 Å². The molecule has 4 aromatic rings. The van der Waals surface area contributed by atoms with Crippen LogP contribution in [0.4, 0.5) is 0 Å². The minimum Gasteiger partial charge on any atom is -0.497 e. The van der Waals surface area contributed by atoms with Crippen LogP contribution < -0.4 is 9.46 Å². The number of carbonyl (C=O) groups excluding carboxylic acids is 2. The van der Waals surface area contributed by atoms with Gasteiger partial charge < -0.3 is 23.7 Å². The third-order valence-electron chi connectivity index (χ3n) is 12.8. The normalized spacial score (nSPS) is 21.7. The number of morpholine rings is 2. The third kappa shape index (κ3) is 6.16. The SMILES string of the molecule is COc1ccc2c(c1)C=C(c1c(C(=O)N3CC4(CC4)OC4(CC4)C3)cnn1C)Cn1c-2c(C2CCCCC2)c2ccc(C(=O)NS(=O)(=O)N3CCOCC3)cc21. The predicted molar refractivity (Wildman–Crippen MR) is 211 cm³/mol. The second-order valence-electron chi connectivity index (χ2n) is 16.6. The molecule has 5 fully saturated rings. The van der Waals surface area contributed by atoms with Crippen molar-refractivity contribution >= 4 is 44.6 Å². The summed E-state index contributed by atoms with van der Waals surface area (Å²) < 4.78 is 51.8. The van der Waals surface area contributed by atoms with E-state index in [0.29, 0.717) is 31.1 Å². The molecule has 14 heteroatoms. The van der Waals surface area contributed by atoms with E-state index in [1.165, 1.54) is 16.3 Å². The Morgan fingerprint density at radius 2 is 1.68 bits per heavy atom. The van der Waals surface area contributed by atoms with Gasteiger partial charge >= 0.3 is 10.2 Å². The largest absolute Gasteiger partial charge is 0.497 e. The first kappa shape index (κ1) is 35.9. The highest BCUT2D eigenvalue weighted by atomic mass is 32.2. The smallest absolute Gasteiger partial charge is 0.304 e. The van der Waals surface area contributed by atoms with Crippen LogP contribution in [-0.4, -0.2) is 101 Å². The van der Waals surface area contributed by atoms with E-state index < -0.39 is 16.1 Å². The van der Waals surface area contributed by atoms with E-state index in [2.05, 4.69) is 32.6 Å². The summed E-state index contributed by atoms with van der Waals surface area (Å²) in [6.45, 7) is 2.50. The fourth-order valence-electron chi connectivity index (χ4n) is 9.72. The van der Waals surface area contributed by atoms with Gasteiger partial charge in [0.05, 0.1) is 74.3 Å². The molecule has 5 heterocycles. The van der Waals surface area contributed by atoms with Crippen LogP contribution in [0.15, 0.2) is 42.6 Å². The molecule has 6 aliphatic rings. The van der Waals surface area contributed by atoms with Gasteiger partial charge in [0.15, 0.2) is 0 Å². The van der Waals surface area contributed by atoms with Crippen LogP contribution in [0.3, 0.4) is 0 Å². The monoisotopic (exact) mass is 780 g/mol. The maximum atomic E-state index is 14.6. The number of amides is 2. The molecule has 0 atom stereocenters. The van der Waals surface area contributed by atoms with Crippen molar-refractivity contribution in [3.63, 3.8) is 0 Å². The molecule has 2 amide bonds. The maximum Gasteiger partial charge on any atom is 0.304 e. The number of fused-ring (bicyclic) bond motifs is 5. The van der Waals surface area contributed by atoms with Gasteiger partial charge in [-0.05, 0) is 97.6 Å². The zero-order valence-corrected chi connectivity index (χ0v) is 32.8. The van der Waals surface area contributed by atoms with Gasteiger partial charge in [-0.25, -0.2) is 4.72 Å². The van der Waals surface area contributed by atoms with E-state index in [9.17, 15) is 18.0 Å². The summed E-state index contributed by atoms with van der Waals surface area (Å²) in [5.41, 5.74) is 7.16. The van der Waals surface area contributed by atoms with Gasteiger partial charge in [-0.3, -0.25) is 14.3 Å². The van der Waals surface area contributed by atoms with Crippen molar-refractivity contribution < 1.29 is 32.2 Å². The molecule has 3 saturated carbocycles. The Bertz CT molecular complexity index is 2390. The van der Waals surface area contributed by atoms with Crippen molar-refractivity contribution in [1.82, 2.24) is 28.3 Å². The molecule has 0 unspecified atom stereocenters. The number of aryl methyl sites for hydroxylation is 1. The molecule has 2 aromatic heterocycles. The second-order valence-corrected chi connectivity index (χ2v) is 18.3. The number of nitrogens with zero attached hydrogens (tertiary/aromatic N) is 5. The van der Waals surface area contributed by atoms with Crippen molar-refractivity contribution in [1.29, 1.82) is 0 Å². The average molecular weight is 781 g/mol. The molecule has 3 aliphatic heterocycles. The number of allylic oxidation sites excluding steroid dienone is 1. The van der Waals surface area contributed by atoms with Crippen LogP contribution in [-0.2, 0) is 33.3 Å². The maximum absolute atomic E-state index is 14.6. The van der Waals surface area contributed by atoms with Gasteiger partial charge in [-0.2, -0.15) is 17.8 Å². The highest BCUT2D eigenvalue weighted by Gasteiger charge is 2.61. The highest BCUT2D eigenvalue weighted by Crippen LogP contribution is 2.55. The fraction of sp³-hybridized carbons (Fsp3) is 0.500. The topological polar surface area (TPSA) is 137 Å². The lowest BCUT2D eigenvalue weighted by atomic mass is 9.81. The number of hydrogen-bond acceptors (Lipinski definition) is 8. The standard InChI is InChI=1S/C42H48N6O7S/c1-45-37(34(23-43-45)40(50)46-25-41(12-13-41)55-42(26-46)14-15-42)30-20-29-21-31(53-2)9-11-32(29)38-36(27-6-4-3-5-7-27)33-10-8-28(22-35(33)48(38)24-30)39(49)44-56(51,52)47-16-18-54-19-17-47/h8-11,20-23,27H,3-7,12-19,24-26H2,1-2H3,(H,44,49). The van der Waals surface area contributed by atoms with E-state index in [1.54, 1.807) is 24.1 Å². The number of carbonyl (C=O) groups is 2. The number of benzene rings is 2. The quantitative estimate of drug-likeness (QED) is 0.260. The summed E-state index contributed by atoms with van der Waals surface area (Å²) >= 11 is 0. The summed E-state index contributed by atoms with van der Waals surface area (Å²) in [5, 5.41) is 5.72. The number of methoxy groups -OCH3 is 1. The summed E-state index contributed by atoms with van der Waals surface area (Å²) in [7, 11) is -0.517. The van der Waals surface area contributed by atoms with Crippen molar-refractivity contribution in [3.8, 4) is 17.0 Å². The van der Waals surface area contributed by atoms with Crippen LogP contribution in [0.25, 0.3) is 33.8 Å². The average Bonchev–Trinajstić information content (AvgIpc) is 4.09. The number of nitrogens with one attached hydrogen (secondary N) is 1. The third-order valence-corrected chi connectivity index (χ3v) is 14.3. The van der Waals surface area contributed by atoms with Gasteiger partial charge in [0.1, 0.15) is 5.75 Å². The zero-order chi connectivity index (χ0) is 38.4. The lowest BCUT2D eigenvalue weighted by Gasteiger charge is -2.39. The van der Waals surface area contributed by atoms with Crippen LogP contribution in [0.1, 0.15) is 101 Å². The molecule has 3 aliphatic carbocycles. The molecule has 2 saturated heterocycles. The van der Waals surface area contributed by atoms with Crippen LogP contribution in [0.2, 0.25) is 0 Å². The Hall–Kier alpha value is -4.50. The summed E-state index contributed by atoms with van der Waals surface area (Å²) in [5.74, 6) is 0.308. The fourth-order valence-corrected chi connectivity index (χ4v) is 10.8. The van der Waals surface area contributed by atoms with Crippen molar-refractivity contribution in [2.45, 2.75) is 81.5 Å². The summed E-state index contributed by atoms with van der Waals surface area (Å²) in [4.78, 5) is 30.4. The lowest BCUT2D eigenvalue weighted by molar-refractivity contribution is -0.107. The van der Waals surface area contributed by atoms with Crippen LogP contribution >= 0.6 is 0 Å². The van der Waals surface area contributed by atoms with Crippen molar-refractivity contribution in [2.75, 3.05) is 46.5 Å². The van der Waals surface area contributed by atoms with E-state index in [-0.39, 0.29) is 49.0 Å². The Balaban J connectivity index is 1.11. The summed E-state index contributed by atoms with van der Waals surface area (Å²) in [6.07, 6.45) is 13.4. The molecule has 56 heavy (non-hydrogen) atoms. The first-order valence-corrected chi connectivity index (χ1v) is 21.5. The molecule has 1 N–H and O–H groups in total. The first-order valence-electron chi connectivity index (χ1n) is 20.0.